The van der Waals surface area contributed by atoms with E-state index in [9.17, 15) is 18.0 Å². The molecule has 0 aliphatic rings. The Bertz CT molecular complexity index is 1090. The van der Waals surface area contributed by atoms with Gasteiger partial charge >= 0.3 is 6.18 Å². The lowest BCUT2D eigenvalue weighted by molar-refractivity contribution is -0.137. The van der Waals surface area contributed by atoms with Crippen LogP contribution in [0.4, 0.5) is 36.3 Å². The van der Waals surface area contributed by atoms with Crippen LogP contribution in [0.2, 0.25) is 0 Å². The number of nitrogens with one attached hydrogen (secondary N) is 5. The summed E-state index contributed by atoms with van der Waals surface area (Å²) in [6.07, 6.45) is 0.276. The van der Waals surface area contributed by atoms with Gasteiger partial charge in [-0.3, -0.25) is 10.2 Å². The van der Waals surface area contributed by atoms with Crippen LogP contribution in [0.3, 0.4) is 0 Å². The third-order valence-electron chi connectivity index (χ3n) is 4.00. The first-order chi connectivity index (χ1) is 16.0. The van der Waals surface area contributed by atoms with Crippen LogP contribution in [0.5, 0.6) is 0 Å². The molecule has 0 radical (unpaired) electrons. The van der Waals surface area contributed by atoms with E-state index in [4.69, 9.17) is 17.0 Å². The molecule has 0 unspecified atom stereocenters. The number of hydrogen-bond acceptors (Lipinski definition) is 8. The molecule has 0 atom stereocenters. The summed E-state index contributed by atoms with van der Waals surface area (Å²) in [4.78, 5) is 21.5. The number of halogens is 4. The highest BCUT2D eigenvalue weighted by molar-refractivity contribution is 6.68. The molecule has 34 heavy (non-hydrogen) atoms. The van der Waals surface area contributed by atoms with Gasteiger partial charge in [-0.2, -0.15) is 18.2 Å². The zero-order chi connectivity index (χ0) is 25.3. The fourth-order valence-electron chi connectivity index (χ4n) is 2.53. The molecule has 1 heterocycles. The van der Waals surface area contributed by atoms with Crippen LogP contribution in [0, 0.1) is 5.41 Å². The molecule has 182 valence electrons. The Morgan fingerprint density at radius 1 is 1.24 bits per heavy atom. The Morgan fingerprint density at radius 3 is 2.56 bits per heavy atom. The predicted molar refractivity (Wildman–Crippen MR) is 127 cm³/mol. The lowest BCUT2D eigenvalue weighted by atomic mass is 10.2. The fourth-order valence-corrected chi connectivity index (χ4v) is 2.63. The fraction of sp³-hybridized carbons (Fsp3) is 0.238. The number of carbonyl (C=O) groups excluding carboxylic acids is 1. The number of benzene rings is 1. The van der Waals surface area contributed by atoms with Crippen molar-refractivity contribution in [2.45, 2.75) is 6.18 Å². The van der Waals surface area contributed by atoms with E-state index in [1.165, 1.54) is 24.4 Å². The van der Waals surface area contributed by atoms with Crippen LogP contribution in [-0.4, -0.2) is 53.6 Å². The van der Waals surface area contributed by atoms with Crippen molar-refractivity contribution in [3.8, 4) is 0 Å². The molecule has 0 saturated carbocycles. The normalized spacial score (nSPS) is 12.1. The first kappa shape index (κ1) is 26.6. The third-order valence-corrected chi connectivity index (χ3v) is 4.20. The van der Waals surface area contributed by atoms with Crippen molar-refractivity contribution < 1.29 is 18.0 Å². The van der Waals surface area contributed by atoms with Crippen molar-refractivity contribution in [3.63, 3.8) is 0 Å². The summed E-state index contributed by atoms with van der Waals surface area (Å²) < 4.78 is 40.6. The summed E-state index contributed by atoms with van der Waals surface area (Å²) in [5, 5.41) is 17.6. The first-order valence-corrected chi connectivity index (χ1v) is 10.2. The van der Waals surface area contributed by atoms with Gasteiger partial charge in [-0.1, -0.05) is 23.7 Å². The minimum atomic E-state index is -4.73. The van der Waals surface area contributed by atoms with Gasteiger partial charge in [0.15, 0.2) is 0 Å². The lowest BCUT2D eigenvalue weighted by Gasteiger charge is -2.16. The Balaban J connectivity index is 2.29. The van der Waals surface area contributed by atoms with Gasteiger partial charge in [-0.15, -0.1) is 0 Å². The van der Waals surface area contributed by atoms with Gasteiger partial charge in [-0.05, 0) is 32.3 Å². The van der Waals surface area contributed by atoms with Crippen molar-refractivity contribution in [1.82, 2.24) is 20.2 Å². The van der Waals surface area contributed by atoms with E-state index in [1.807, 2.05) is 19.0 Å². The molecule has 0 aliphatic heterocycles. The van der Waals surface area contributed by atoms with Gasteiger partial charge in [-0.25, -0.2) is 4.98 Å². The van der Waals surface area contributed by atoms with Crippen molar-refractivity contribution >= 4 is 45.8 Å². The number of allylic oxidation sites excluding steroid dienone is 1. The highest BCUT2D eigenvalue weighted by Crippen LogP contribution is 2.35. The van der Waals surface area contributed by atoms with E-state index < -0.39 is 22.7 Å². The molecule has 9 nitrogen and oxygen atoms in total. The van der Waals surface area contributed by atoms with Crippen LogP contribution in [0.1, 0.15) is 5.56 Å². The summed E-state index contributed by atoms with van der Waals surface area (Å²) in [5.41, 5.74) is -0.414. The molecule has 2 aromatic rings. The van der Waals surface area contributed by atoms with Crippen molar-refractivity contribution in [2.75, 3.05) is 43.6 Å². The first-order valence-electron chi connectivity index (χ1n) is 9.82. The van der Waals surface area contributed by atoms with Gasteiger partial charge in [0.05, 0.1) is 5.70 Å². The van der Waals surface area contributed by atoms with Crippen LogP contribution < -0.4 is 21.3 Å². The molecular weight excluding hydrogens is 473 g/mol. The molecule has 1 amide bonds. The topological polar surface area (TPSA) is 118 Å². The van der Waals surface area contributed by atoms with Crippen molar-refractivity contribution in [2.24, 2.45) is 0 Å². The molecule has 13 heteroatoms. The van der Waals surface area contributed by atoms with Gasteiger partial charge < -0.3 is 26.2 Å². The number of rotatable bonds is 10. The maximum atomic E-state index is 13.5. The van der Waals surface area contributed by atoms with Crippen molar-refractivity contribution in [1.29, 1.82) is 5.41 Å². The third kappa shape index (κ3) is 8.37. The van der Waals surface area contributed by atoms with Crippen LogP contribution >= 0.6 is 11.6 Å². The highest BCUT2D eigenvalue weighted by Gasteiger charge is 2.35. The van der Waals surface area contributed by atoms with E-state index in [1.54, 1.807) is 25.3 Å². The molecular formula is C21H24ClF3N8O. The Morgan fingerprint density at radius 2 is 1.94 bits per heavy atom. The maximum absolute atomic E-state index is 13.5. The van der Waals surface area contributed by atoms with Crippen molar-refractivity contribution in [3.05, 3.63) is 60.1 Å². The Labute approximate surface area is 199 Å². The van der Waals surface area contributed by atoms with Gasteiger partial charge in [0.25, 0.3) is 0 Å². The SMILES string of the molecule is CN/C=C(/Nc1ncc(C(F)(F)F)c(Nc2cccc(NC(=O)/C=C/CN(C)C)c2)n1)C(=N)Cl. The van der Waals surface area contributed by atoms with E-state index in [2.05, 4.69) is 31.2 Å². The minimum Gasteiger partial charge on any atom is -0.392 e. The molecule has 0 aliphatic carbocycles. The van der Waals surface area contributed by atoms with E-state index >= 15 is 0 Å². The summed E-state index contributed by atoms with van der Waals surface area (Å²) >= 11 is 5.67. The maximum Gasteiger partial charge on any atom is 0.421 e. The number of nitrogens with zero attached hydrogens (tertiary/aromatic N) is 3. The number of alkyl halides is 3. The highest BCUT2D eigenvalue weighted by atomic mass is 35.5. The number of aromatic nitrogens is 2. The van der Waals surface area contributed by atoms with Gasteiger partial charge in [0.2, 0.25) is 11.9 Å². The number of hydrogen-bond donors (Lipinski definition) is 5. The second kappa shape index (κ2) is 12.0. The summed E-state index contributed by atoms with van der Waals surface area (Å²) in [6, 6.07) is 6.15. The zero-order valence-corrected chi connectivity index (χ0v) is 19.3. The second-order valence-corrected chi connectivity index (χ2v) is 7.48. The molecule has 0 bridgehead atoms. The van der Waals surface area contributed by atoms with Gasteiger partial charge in [0, 0.05) is 43.4 Å². The van der Waals surface area contributed by atoms with Crippen LogP contribution in [0.25, 0.3) is 0 Å². The molecule has 5 N–H and O–H groups in total. The molecule has 1 aromatic carbocycles. The monoisotopic (exact) mass is 496 g/mol. The quantitative estimate of drug-likeness (QED) is 0.249. The average Bonchev–Trinajstić information content (AvgIpc) is 2.72. The predicted octanol–water partition coefficient (Wildman–Crippen LogP) is 3.98. The standard InChI is InChI=1S/C21H24ClF3N8O/c1-27-12-16(18(22)26)31-20-28-11-15(21(23,24)25)19(32-20)30-14-7-4-6-13(10-14)29-17(34)8-5-9-33(2)3/h4-8,10-12,26-27H,9H2,1-3H3,(H,29,34)(H2,28,30,31,32)/b8-5+,16-12+,26-18?. The number of anilines is 4. The molecule has 0 saturated heterocycles. The minimum absolute atomic E-state index is 0.0573. The molecule has 2 rings (SSSR count). The average molecular weight is 497 g/mol. The molecule has 0 spiro atoms. The Hall–Kier alpha value is -3.64. The lowest BCUT2D eigenvalue weighted by Crippen LogP contribution is -2.16. The number of amides is 1. The largest absolute Gasteiger partial charge is 0.421 e. The van der Waals surface area contributed by atoms with Crippen LogP contribution in [0.15, 0.2) is 54.5 Å². The summed E-state index contributed by atoms with van der Waals surface area (Å²) in [7, 11) is 5.28. The summed E-state index contributed by atoms with van der Waals surface area (Å²) in [5.74, 6) is -1.11. The van der Waals surface area contributed by atoms with Gasteiger partial charge in [0.1, 0.15) is 16.6 Å². The van der Waals surface area contributed by atoms with E-state index in [0.717, 1.165) is 0 Å². The summed E-state index contributed by atoms with van der Waals surface area (Å²) in [6.45, 7) is 0.577. The van der Waals surface area contributed by atoms with E-state index in [-0.39, 0.29) is 23.2 Å². The Kier molecular flexibility index (Phi) is 9.39. The molecule has 1 aromatic heterocycles. The number of likely N-dealkylation sites (N-methyl/N-ethyl adjacent to an activating group) is 1. The number of carbonyl (C=O) groups is 1. The van der Waals surface area contributed by atoms with Crippen LogP contribution in [-0.2, 0) is 11.0 Å². The zero-order valence-electron chi connectivity index (χ0n) is 18.6. The van der Waals surface area contributed by atoms with E-state index in [0.29, 0.717) is 18.4 Å². The second-order valence-electron chi connectivity index (χ2n) is 7.10. The molecule has 0 fully saturated rings. The smallest absolute Gasteiger partial charge is 0.392 e.